The van der Waals surface area contributed by atoms with Gasteiger partial charge in [0, 0.05) is 11.1 Å². The quantitative estimate of drug-likeness (QED) is 0.898. The van der Waals surface area contributed by atoms with Crippen LogP contribution in [0.5, 0.6) is 11.5 Å². The topological polar surface area (TPSA) is 30.5 Å². The van der Waals surface area contributed by atoms with Crippen molar-refractivity contribution in [2.75, 3.05) is 26.8 Å². The molecule has 0 unspecified atom stereocenters. The van der Waals surface area contributed by atoms with E-state index in [0.29, 0.717) is 10.9 Å². The second-order valence-electron chi connectivity index (χ2n) is 4.30. The molecule has 1 saturated heterocycles. The Balaban J connectivity index is 1.95. The van der Waals surface area contributed by atoms with Crippen molar-refractivity contribution in [1.29, 1.82) is 0 Å². The molecule has 2 rings (SSSR count). The van der Waals surface area contributed by atoms with Gasteiger partial charge in [-0.2, -0.15) is 0 Å². The Bertz CT molecular complexity index is 364. The molecule has 17 heavy (non-hydrogen) atoms. The van der Waals surface area contributed by atoms with Gasteiger partial charge in [-0.15, -0.1) is 0 Å². The molecule has 0 atom stereocenters. The van der Waals surface area contributed by atoms with E-state index in [1.165, 1.54) is 12.8 Å². The normalized spacial score (nSPS) is 16.8. The van der Waals surface area contributed by atoms with Gasteiger partial charge in [0.2, 0.25) is 0 Å². The summed E-state index contributed by atoms with van der Waals surface area (Å²) in [6.07, 6.45) is 2.34. The molecule has 0 radical (unpaired) electrons. The first-order valence-electron chi connectivity index (χ1n) is 5.96. The molecule has 1 aromatic carbocycles. The van der Waals surface area contributed by atoms with Gasteiger partial charge in [0.15, 0.2) is 11.5 Å². The summed E-state index contributed by atoms with van der Waals surface area (Å²) < 4.78 is 11.1. The Kier molecular flexibility index (Phi) is 4.51. The van der Waals surface area contributed by atoms with Crippen LogP contribution in [0.25, 0.3) is 0 Å². The van der Waals surface area contributed by atoms with E-state index in [-0.39, 0.29) is 0 Å². The summed E-state index contributed by atoms with van der Waals surface area (Å²) in [4.78, 5) is 0. The summed E-state index contributed by atoms with van der Waals surface area (Å²) in [5, 5.41) is 4.02. The number of hydrogen-bond donors (Lipinski definition) is 1. The minimum Gasteiger partial charge on any atom is -0.493 e. The van der Waals surface area contributed by atoms with Crippen molar-refractivity contribution < 1.29 is 9.47 Å². The Hall–Kier alpha value is -0.930. The zero-order valence-corrected chi connectivity index (χ0v) is 10.8. The molecule has 0 aromatic heterocycles. The number of nitrogens with one attached hydrogen (secondary N) is 1. The maximum atomic E-state index is 5.95. The smallest absolute Gasteiger partial charge is 0.162 e. The van der Waals surface area contributed by atoms with Crippen LogP contribution in [0.2, 0.25) is 5.02 Å². The zero-order valence-electron chi connectivity index (χ0n) is 10.0. The molecule has 3 nitrogen and oxygen atoms in total. The van der Waals surface area contributed by atoms with Crippen LogP contribution in [-0.4, -0.2) is 26.8 Å². The van der Waals surface area contributed by atoms with E-state index in [0.717, 1.165) is 31.2 Å². The van der Waals surface area contributed by atoms with Crippen LogP contribution in [0.3, 0.4) is 0 Å². The highest BCUT2D eigenvalue weighted by Crippen LogP contribution is 2.30. The van der Waals surface area contributed by atoms with E-state index < -0.39 is 0 Å². The van der Waals surface area contributed by atoms with Crippen molar-refractivity contribution in [3.63, 3.8) is 0 Å². The molecule has 94 valence electrons. The van der Waals surface area contributed by atoms with Crippen molar-refractivity contribution in [3.05, 3.63) is 23.2 Å². The fraction of sp³-hybridized carbons (Fsp3) is 0.538. The summed E-state index contributed by atoms with van der Waals surface area (Å²) >= 11 is 5.95. The first-order valence-corrected chi connectivity index (χ1v) is 6.34. The van der Waals surface area contributed by atoms with Gasteiger partial charge in [0.25, 0.3) is 0 Å². The third kappa shape index (κ3) is 3.51. The summed E-state index contributed by atoms with van der Waals surface area (Å²) in [6.45, 7) is 2.90. The van der Waals surface area contributed by atoms with E-state index in [2.05, 4.69) is 5.32 Å². The van der Waals surface area contributed by atoms with Crippen molar-refractivity contribution in [2.45, 2.75) is 12.8 Å². The molecular formula is C13H18ClNO2. The predicted molar refractivity (Wildman–Crippen MR) is 69.1 cm³/mol. The monoisotopic (exact) mass is 255 g/mol. The molecule has 1 heterocycles. The summed E-state index contributed by atoms with van der Waals surface area (Å²) in [5.41, 5.74) is 0. The summed E-state index contributed by atoms with van der Waals surface area (Å²) in [7, 11) is 1.64. The molecule has 0 spiro atoms. The molecule has 0 aliphatic carbocycles. The minimum absolute atomic E-state index is 0.625. The number of methoxy groups -OCH3 is 1. The van der Waals surface area contributed by atoms with Gasteiger partial charge in [-0.05, 0) is 44.0 Å². The molecular weight excluding hydrogens is 238 g/mol. The average molecular weight is 256 g/mol. The van der Waals surface area contributed by atoms with E-state index in [1.807, 2.05) is 12.1 Å². The van der Waals surface area contributed by atoms with Gasteiger partial charge >= 0.3 is 0 Å². The van der Waals surface area contributed by atoms with Gasteiger partial charge in [-0.25, -0.2) is 0 Å². The number of benzene rings is 1. The molecule has 1 aliphatic rings. The van der Waals surface area contributed by atoms with Gasteiger partial charge < -0.3 is 14.8 Å². The molecule has 1 N–H and O–H groups in total. The highest BCUT2D eigenvalue weighted by Gasteiger charge is 2.14. The number of ether oxygens (including phenoxy) is 2. The molecule has 4 heteroatoms. The van der Waals surface area contributed by atoms with Gasteiger partial charge in [-0.1, -0.05) is 11.6 Å². The lowest BCUT2D eigenvalue weighted by molar-refractivity contribution is 0.208. The molecule has 0 bridgehead atoms. The van der Waals surface area contributed by atoms with Crippen LogP contribution >= 0.6 is 11.6 Å². The van der Waals surface area contributed by atoms with Crippen LogP contribution in [0.15, 0.2) is 18.2 Å². The van der Waals surface area contributed by atoms with Crippen LogP contribution in [0, 0.1) is 5.92 Å². The average Bonchev–Trinajstić information content (AvgIpc) is 2.38. The molecule has 0 saturated carbocycles. The zero-order chi connectivity index (χ0) is 12.1. The first-order chi connectivity index (χ1) is 8.29. The van der Waals surface area contributed by atoms with Crippen LogP contribution < -0.4 is 14.8 Å². The summed E-state index contributed by atoms with van der Waals surface area (Å²) in [5.74, 6) is 2.10. The van der Waals surface area contributed by atoms with Gasteiger partial charge in [0.05, 0.1) is 13.7 Å². The molecule has 1 aliphatic heterocycles. The van der Waals surface area contributed by atoms with E-state index in [9.17, 15) is 0 Å². The standard InChI is InChI=1S/C13H18ClNO2/c1-16-12-3-2-11(14)8-13(12)17-9-10-4-6-15-7-5-10/h2-3,8,10,15H,4-7,9H2,1H3. The Morgan fingerprint density at radius 1 is 1.29 bits per heavy atom. The van der Waals surface area contributed by atoms with Crippen LogP contribution in [-0.2, 0) is 0 Å². The maximum absolute atomic E-state index is 5.95. The number of rotatable bonds is 4. The highest BCUT2D eigenvalue weighted by molar-refractivity contribution is 6.30. The Labute approximate surface area is 107 Å². The lowest BCUT2D eigenvalue weighted by Crippen LogP contribution is -2.30. The fourth-order valence-electron chi connectivity index (χ4n) is 2.02. The summed E-state index contributed by atoms with van der Waals surface area (Å²) in [6, 6.07) is 5.44. The minimum atomic E-state index is 0.625. The lowest BCUT2D eigenvalue weighted by Gasteiger charge is -2.23. The second kappa shape index (κ2) is 6.12. The Morgan fingerprint density at radius 2 is 2.06 bits per heavy atom. The molecule has 1 aromatic rings. The van der Waals surface area contributed by atoms with Gasteiger partial charge in [0.1, 0.15) is 0 Å². The van der Waals surface area contributed by atoms with Crippen molar-refractivity contribution in [3.8, 4) is 11.5 Å². The van der Waals surface area contributed by atoms with Crippen molar-refractivity contribution in [1.82, 2.24) is 5.32 Å². The second-order valence-corrected chi connectivity index (χ2v) is 4.74. The van der Waals surface area contributed by atoms with Crippen LogP contribution in [0.1, 0.15) is 12.8 Å². The number of piperidine rings is 1. The number of halogens is 1. The fourth-order valence-corrected chi connectivity index (χ4v) is 2.18. The van der Waals surface area contributed by atoms with E-state index >= 15 is 0 Å². The third-order valence-electron chi connectivity index (χ3n) is 3.06. The molecule has 1 fully saturated rings. The van der Waals surface area contributed by atoms with Gasteiger partial charge in [-0.3, -0.25) is 0 Å². The lowest BCUT2D eigenvalue weighted by atomic mass is 9.99. The first kappa shape index (κ1) is 12.5. The largest absolute Gasteiger partial charge is 0.493 e. The third-order valence-corrected chi connectivity index (χ3v) is 3.29. The van der Waals surface area contributed by atoms with Crippen molar-refractivity contribution in [2.24, 2.45) is 5.92 Å². The SMILES string of the molecule is COc1ccc(Cl)cc1OCC1CCNCC1. The van der Waals surface area contributed by atoms with Crippen LogP contribution in [0.4, 0.5) is 0 Å². The molecule has 0 amide bonds. The maximum Gasteiger partial charge on any atom is 0.162 e. The number of hydrogen-bond acceptors (Lipinski definition) is 3. The predicted octanol–water partition coefficient (Wildman–Crippen LogP) is 2.73. The van der Waals surface area contributed by atoms with Crippen molar-refractivity contribution >= 4 is 11.6 Å². The highest BCUT2D eigenvalue weighted by atomic mass is 35.5. The van der Waals surface area contributed by atoms with E-state index in [1.54, 1.807) is 13.2 Å². The Morgan fingerprint density at radius 3 is 2.76 bits per heavy atom. The van der Waals surface area contributed by atoms with E-state index in [4.69, 9.17) is 21.1 Å².